The number of benzene rings is 2. The number of rotatable bonds is 9. The van der Waals surface area contributed by atoms with E-state index in [1.54, 1.807) is 34.4 Å². The van der Waals surface area contributed by atoms with E-state index in [0.29, 0.717) is 18.7 Å². The minimum absolute atomic E-state index is 0.137. The summed E-state index contributed by atoms with van der Waals surface area (Å²) in [6, 6.07) is 15.0. The Hall–Kier alpha value is -3.26. The van der Waals surface area contributed by atoms with Crippen LogP contribution in [0.3, 0.4) is 0 Å². The maximum atomic E-state index is 13.6. The fourth-order valence-corrected chi connectivity index (χ4v) is 4.36. The van der Waals surface area contributed by atoms with Crippen molar-refractivity contribution in [3.8, 4) is 0 Å². The quantitative estimate of drug-likeness (QED) is 0.393. The SMILES string of the molecule is CCC(C)N(CC(=O)N(Cc1ccc(F)cc1)Cc1ccc(C)s1)C(=O)Nc1cccc(F)c1. The molecule has 0 saturated heterocycles. The highest BCUT2D eigenvalue weighted by molar-refractivity contribution is 7.11. The molecule has 0 aliphatic heterocycles. The molecular weight excluding hydrogens is 456 g/mol. The molecule has 2 aromatic carbocycles. The smallest absolute Gasteiger partial charge is 0.322 e. The van der Waals surface area contributed by atoms with Crippen molar-refractivity contribution >= 4 is 29.0 Å². The van der Waals surface area contributed by atoms with Crippen LogP contribution in [0.1, 0.15) is 35.6 Å². The summed E-state index contributed by atoms with van der Waals surface area (Å²) >= 11 is 1.60. The van der Waals surface area contributed by atoms with E-state index >= 15 is 0 Å². The largest absolute Gasteiger partial charge is 0.332 e. The molecule has 3 rings (SSSR count). The van der Waals surface area contributed by atoms with Gasteiger partial charge in [-0.05, 0) is 68.3 Å². The number of nitrogens with one attached hydrogen (secondary N) is 1. The lowest BCUT2D eigenvalue weighted by Gasteiger charge is -2.31. The monoisotopic (exact) mass is 485 g/mol. The van der Waals surface area contributed by atoms with Gasteiger partial charge in [0.1, 0.15) is 18.2 Å². The highest BCUT2D eigenvalue weighted by Crippen LogP contribution is 2.20. The second-order valence-electron chi connectivity index (χ2n) is 8.21. The van der Waals surface area contributed by atoms with Gasteiger partial charge in [-0.15, -0.1) is 11.3 Å². The van der Waals surface area contributed by atoms with E-state index < -0.39 is 11.8 Å². The molecular formula is C26H29F2N3O2S. The van der Waals surface area contributed by atoms with E-state index in [2.05, 4.69) is 5.32 Å². The first-order chi connectivity index (χ1) is 16.2. The fraction of sp³-hybridized carbons (Fsp3) is 0.308. The summed E-state index contributed by atoms with van der Waals surface area (Å²) in [4.78, 5) is 31.8. The first-order valence-electron chi connectivity index (χ1n) is 11.2. The normalized spacial score (nSPS) is 11.7. The number of urea groups is 1. The van der Waals surface area contributed by atoms with Crippen molar-refractivity contribution in [2.75, 3.05) is 11.9 Å². The van der Waals surface area contributed by atoms with Gasteiger partial charge >= 0.3 is 6.03 Å². The molecule has 1 unspecified atom stereocenters. The average Bonchev–Trinajstić information content (AvgIpc) is 3.22. The Labute approximate surface area is 203 Å². The fourth-order valence-electron chi connectivity index (χ4n) is 3.46. The summed E-state index contributed by atoms with van der Waals surface area (Å²) in [5.41, 5.74) is 1.12. The van der Waals surface area contributed by atoms with Gasteiger partial charge in [0.05, 0.1) is 6.54 Å². The van der Waals surface area contributed by atoms with Gasteiger partial charge in [-0.25, -0.2) is 13.6 Å². The third-order valence-electron chi connectivity index (χ3n) is 5.55. The molecule has 180 valence electrons. The number of aryl methyl sites for hydroxylation is 1. The van der Waals surface area contributed by atoms with Gasteiger partial charge in [-0.1, -0.05) is 25.1 Å². The van der Waals surface area contributed by atoms with Crippen LogP contribution in [0.25, 0.3) is 0 Å². The number of carbonyl (C=O) groups excluding carboxylic acids is 2. The highest BCUT2D eigenvalue weighted by Gasteiger charge is 2.25. The number of hydrogen-bond donors (Lipinski definition) is 1. The average molecular weight is 486 g/mol. The maximum absolute atomic E-state index is 13.6. The summed E-state index contributed by atoms with van der Waals surface area (Å²) in [5.74, 6) is -1.03. The first kappa shape index (κ1) is 25.4. The Balaban J connectivity index is 1.79. The van der Waals surface area contributed by atoms with Crippen molar-refractivity contribution in [1.82, 2.24) is 9.80 Å². The van der Waals surface area contributed by atoms with Crippen molar-refractivity contribution in [1.29, 1.82) is 0 Å². The Morgan fingerprint density at radius 1 is 1.00 bits per heavy atom. The van der Waals surface area contributed by atoms with E-state index in [9.17, 15) is 18.4 Å². The molecule has 0 saturated carbocycles. The molecule has 0 aliphatic rings. The van der Waals surface area contributed by atoms with Crippen LogP contribution in [-0.2, 0) is 17.9 Å². The molecule has 5 nitrogen and oxygen atoms in total. The predicted octanol–water partition coefficient (Wildman–Crippen LogP) is 6.20. The molecule has 0 spiro atoms. The Kier molecular flexibility index (Phi) is 8.76. The van der Waals surface area contributed by atoms with Crippen molar-refractivity contribution in [3.63, 3.8) is 0 Å². The molecule has 0 bridgehead atoms. The third-order valence-corrected chi connectivity index (χ3v) is 6.53. The lowest BCUT2D eigenvalue weighted by atomic mass is 10.2. The lowest BCUT2D eigenvalue weighted by Crippen LogP contribution is -2.47. The number of anilines is 1. The molecule has 0 fully saturated rings. The van der Waals surface area contributed by atoms with Gasteiger partial charge < -0.3 is 15.1 Å². The number of hydrogen-bond acceptors (Lipinski definition) is 3. The van der Waals surface area contributed by atoms with Gasteiger partial charge in [0.25, 0.3) is 0 Å². The van der Waals surface area contributed by atoms with E-state index in [0.717, 1.165) is 15.3 Å². The van der Waals surface area contributed by atoms with Crippen molar-refractivity contribution in [2.45, 2.75) is 46.3 Å². The molecule has 3 aromatic rings. The minimum Gasteiger partial charge on any atom is -0.332 e. The van der Waals surface area contributed by atoms with Crippen LogP contribution in [0.5, 0.6) is 0 Å². The number of halogens is 2. The van der Waals surface area contributed by atoms with Gasteiger partial charge in [0.15, 0.2) is 0 Å². The first-order valence-corrected chi connectivity index (χ1v) is 12.0. The molecule has 1 heterocycles. The molecule has 0 radical (unpaired) electrons. The summed E-state index contributed by atoms with van der Waals surface area (Å²) in [5, 5.41) is 2.69. The van der Waals surface area contributed by atoms with Gasteiger partial charge in [0, 0.05) is 28.0 Å². The minimum atomic E-state index is -0.470. The molecule has 34 heavy (non-hydrogen) atoms. The van der Waals surface area contributed by atoms with Crippen molar-refractivity contribution in [3.05, 3.63) is 87.6 Å². The van der Waals surface area contributed by atoms with Crippen LogP contribution in [-0.4, -0.2) is 34.3 Å². The van der Waals surface area contributed by atoms with Crippen LogP contribution < -0.4 is 5.32 Å². The Morgan fingerprint density at radius 3 is 2.35 bits per heavy atom. The maximum Gasteiger partial charge on any atom is 0.322 e. The van der Waals surface area contributed by atoms with Crippen LogP contribution in [0, 0.1) is 18.6 Å². The zero-order valence-electron chi connectivity index (χ0n) is 19.6. The van der Waals surface area contributed by atoms with E-state index in [-0.39, 0.29) is 30.9 Å². The standard InChI is InChI=1S/C26H29F2N3O2S/c1-4-18(2)31(26(33)29-23-7-5-6-22(28)14-23)17-25(32)30(16-24-13-8-19(3)34-24)15-20-9-11-21(27)12-10-20/h5-14,18H,4,15-17H2,1-3H3,(H,29,33). The Bertz CT molecular complexity index is 1120. The topological polar surface area (TPSA) is 52.7 Å². The van der Waals surface area contributed by atoms with Gasteiger partial charge in [-0.3, -0.25) is 4.79 Å². The summed E-state index contributed by atoms with van der Waals surface area (Å²) in [6.07, 6.45) is 0.645. The van der Waals surface area contributed by atoms with Crippen LogP contribution in [0.2, 0.25) is 0 Å². The summed E-state index contributed by atoms with van der Waals surface area (Å²) in [7, 11) is 0. The molecule has 3 amide bonds. The number of amides is 3. The second-order valence-corrected chi connectivity index (χ2v) is 9.59. The van der Waals surface area contributed by atoms with Gasteiger partial charge in [-0.2, -0.15) is 0 Å². The van der Waals surface area contributed by atoms with Crippen molar-refractivity contribution in [2.24, 2.45) is 0 Å². The molecule has 1 atom stereocenters. The zero-order chi connectivity index (χ0) is 24.7. The van der Waals surface area contributed by atoms with Crippen LogP contribution in [0.15, 0.2) is 60.7 Å². The van der Waals surface area contributed by atoms with E-state index in [4.69, 9.17) is 0 Å². The van der Waals surface area contributed by atoms with Gasteiger partial charge in [0.2, 0.25) is 5.91 Å². The number of carbonyl (C=O) groups is 2. The highest BCUT2D eigenvalue weighted by atomic mass is 32.1. The zero-order valence-corrected chi connectivity index (χ0v) is 20.4. The van der Waals surface area contributed by atoms with E-state index in [1.165, 1.54) is 35.2 Å². The lowest BCUT2D eigenvalue weighted by molar-refractivity contribution is -0.133. The molecule has 0 aliphatic carbocycles. The van der Waals surface area contributed by atoms with Crippen LogP contribution >= 0.6 is 11.3 Å². The number of thiophene rings is 1. The van der Waals surface area contributed by atoms with E-state index in [1.807, 2.05) is 32.9 Å². The second kappa shape index (κ2) is 11.7. The van der Waals surface area contributed by atoms with Crippen LogP contribution in [0.4, 0.5) is 19.3 Å². The Morgan fingerprint density at radius 2 is 1.74 bits per heavy atom. The predicted molar refractivity (Wildman–Crippen MR) is 132 cm³/mol. The molecule has 8 heteroatoms. The summed E-state index contributed by atoms with van der Waals surface area (Å²) in [6.45, 7) is 6.33. The third kappa shape index (κ3) is 7.12. The van der Waals surface area contributed by atoms with Crippen molar-refractivity contribution < 1.29 is 18.4 Å². The molecule has 1 aromatic heterocycles. The molecule has 1 N–H and O–H groups in total. The summed E-state index contributed by atoms with van der Waals surface area (Å²) < 4.78 is 26.9. The number of nitrogens with zero attached hydrogens (tertiary/aromatic N) is 2.